The van der Waals surface area contributed by atoms with Gasteiger partial charge in [-0.15, -0.1) is 0 Å². The molecule has 122 valence electrons. The SMILES string of the molecule is C[C@@H](OCC(F)(F)F)C(=O)N1CCCC[C@H]1CCC(=O)O. The largest absolute Gasteiger partial charge is 0.481 e. The highest BCUT2D eigenvalue weighted by molar-refractivity contribution is 5.81. The van der Waals surface area contributed by atoms with E-state index in [9.17, 15) is 22.8 Å². The van der Waals surface area contributed by atoms with E-state index in [-0.39, 0.29) is 12.5 Å². The number of amides is 1. The van der Waals surface area contributed by atoms with Crippen molar-refractivity contribution >= 4 is 11.9 Å². The van der Waals surface area contributed by atoms with Crippen molar-refractivity contribution in [3.8, 4) is 0 Å². The molecule has 1 heterocycles. The van der Waals surface area contributed by atoms with Gasteiger partial charge in [0.05, 0.1) is 0 Å². The lowest BCUT2D eigenvalue weighted by molar-refractivity contribution is -0.189. The Labute approximate surface area is 121 Å². The first-order valence-corrected chi connectivity index (χ1v) is 6.91. The van der Waals surface area contributed by atoms with Crippen molar-refractivity contribution in [2.75, 3.05) is 13.2 Å². The summed E-state index contributed by atoms with van der Waals surface area (Å²) in [5.41, 5.74) is 0. The lowest BCUT2D eigenvalue weighted by atomic mass is 9.97. The number of hydrogen-bond donors (Lipinski definition) is 1. The predicted molar refractivity (Wildman–Crippen MR) is 67.7 cm³/mol. The molecule has 0 aromatic carbocycles. The Kier molecular flexibility index (Phi) is 6.44. The van der Waals surface area contributed by atoms with Crippen LogP contribution in [0.1, 0.15) is 39.0 Å². The normalized spacial score (nSPS) is 21.1. The molecular formula is C13H20F3NO4. The minimum atomic E-state index is -4.47. The Morgan fingerprint density at radius 3 is 2.62 bits per heavy atom. The number of hydrogen-bond acceptors (Lipinski definition) is 3. The molecule has 0 radical (unpaired) electrons. The van der Waals surface area contributed by atoms with E-state index in [1.165, 1.54) is 11.8 Å². The van der Waals surface area contributed by atoms with E-state index in [1.807, 2.05) is 0 Å². The highest BCUT2D eigenvalue weighted by Crippen LogP contribution is 2.23. The first-order valence-electron chi connectivity index (χ1n) is 6.91. The third-order valence-corrected chi connectivity index (χ3v) is 3.45. The summed E-state index contributed by atoms with van der Waals surface area (Å²) in [7, 11) is 0. The maximum absolute atomic E-state index is 12.2. The Hall–Kier alpha value is -1.31. The van der Waals surface area contributed by atoms with Crippen molar-refractivity contribution in [2.45, 2.75) is 57.3 Å². The molecule has 1 fully saturated rings. The third kappa shape index (κ3) is 6.33. The van der Waals surface area contributed by atoms with Crippen LogP contribution in [0.5, 0.6) is 0 Å². The van der Waals surface area contributed by atoms with E-state index < -0.39 is 30.8 Å². The molecule has 0 saturated carbocycles. The molecule has 0 aliphatic carbocycles. The van der Waals surface area contributed by atoms with E-state index >= 15 is 0 Å². The zero-order chi connectivity index (χ0) is 16.0. The number of carboxylic acids is 1. The molecule has 0 unspecified atom stereocenters. The molecule has 1 amide bonds. The van der Waals surface area contributed by atoms with Gasteiger partial charge in [0.25, 0.3) is 5.91 Å². The Balaban J connectivity index is 2.57. The number of carboxylic acid groups (broad SMARTS) is 1. The molecule has 0 aromatic rings. The van der Waals surface area contributed by atoms with Crippen LogP contribution in [0, 0.1) is 0 Å². The molecule has 0 bridgehead atoms. The van der Waals surface area contributed by atoms with Crippen LogP contribution in [0.25, 0.3) is 0 Å². The summed E-state index contributed by atoms with van der Waals surface area (Å²) in [5.74, 6) is -1.45. The van der Waals surface area contributed by atoms with Gasteiger partial charge in [-0.3, -0.25) is 9.59 Å². The number of ether oxygens (including phenoxy) is 1. The second-order valence-electron chi connectivity index (χ2n) is 5.18. The fraction of sp³-hybridized carbons (Fsp3) is 0.846. The zero-order valence-corrected chi connectivity index (χ0v) is 11.9. The van der Waals surface area contributed by atoms with Crippen molar-refractivity contribution in [1.29, 1.82) is 0 Å². The molecule has 0 aromatic heterocycles. The molecule has 1 aliphatic rings. The number of piperidine rings is 1. The maximum Gasteiger partial charge on any atom is 0.411 e. The number of aliphatic carboxylic acids is 1. The molecule has 1 saturated heterocycles. The molecule has 1 aliphatic heterocycles. The van der Waals surface area contributed by atoms with Crippen LogP contribution in [-0.2, 0) is 14.3 Å². The average Bonchev–Trinajstić information content (AvgIpc) is 2.41. The van der Waals surface area contributed by atoms with Crippen LogP contribution in [0.4, 0.5) is 13.2 Å². The minimum absolute atomic E-state index is 0.0633. The highest BCUT2D eigenvalue weighted by Gasteiger charge is 2.33. The topological polar surface area (TPSA) is 66.8 Å². The van der Waals surface area contributed by atoms with Crippen molar-refractivity contribution in [3.05, 3.63) is 0 Å². The van der Waals surface area contributed by atoms with Gasteiger partial charge in [0.2, 0.25) is 0 Å². The van der Waals surface area contributed by atoms with E-state index in [0.29, 0.717) is 19.4 Å². The van der Waals surface area contributed by atoms with Gasteiger partial charge in [-0.1, -0.05) is 0 Å². The van der Waals surface area contributed by atoms with Crippen LogP contribution >= 0.6 is 0 Å². The van der Waals surface area contributed by atoms with Crippen LogP contribution in [0.2, 0.25) is 0 Å². The predicted octanol–water partition coefficient (Wildman–Crippen LogP) is 2.20. The highest BCUT2D eigenvalue weighted by atomic mass is 19.4. The summed E-state index contributed by atoms with van der Waals surface area (Å²) in [4.78, 5) is 24.2. The maximum atomic E-state index is 12.2. The van der Waals surface area contributed by atoms with Crippen molar-refractivity contribution < 1.29 is 32.6 Å². The summed E-state index contributed by atoms with van der Waals surface area (Å²) in [6, 6.07) is -0.237. The van der Waals surface area contributed by atoms with Crippen LogP contribution in [-0.4, -0.2) is 53.4 Å². The van der Waals surface area contributed by atoms with Crippen LogP contribution < -0.4 is 0 Å². The van der Waals surface area contributed by atoms with Crippen molar-refractivity contribution in [1.82, 2.24) is 4.90 Å². The fourth-order valence-electron chi connectivity index (χ4n) is 2.41. The standard InChI is InChI=1S/C13H20F3NO4/c1-9(21-8-13(14,15)16)12(20)17-7-3-2-4-10(17)5-6-11(18)19/h9-10H,2-8H2,1H3,(H,18,19)/t9-,10+/m1/s1. The smallest absolute Gasteiger partial charge is 0.411 e. The molecule has 8 heteroatoms. The quantitative estimate of drug-likeness (QED) is 0.816. The lowest BCUT2D eigenvalue weighted by Crippen LogP contribution is -2.48. The van der Waals surface area contributed by atoms with Crippen molar-refractivity contribution in [2.24, 2.45) is 0 Å². The zero-order valence-electron chi connectivity index (χ0n) is 11.9. The van der Waals surface area contributed by atoms with Gasteiger partial charge in [-0.25, -0.2) is 0 Å². The van der Waals surface area contributed by atoms with Gasteiger partial charge in [-0.2, -0.15) is 13.2 Å². The summed E-state index contributed by atoms with van der Waals surface area (Å²) in [6.45, 7) is 0.257. The summed E-state index contributed by atoms with van der Waals surface area (Å²) in [6.07, 6.45) is -3.09. The molecule has 1 N–H and O–H groups in total. The number of carbonyl (C=O) groups is 2. The molecule has 0 spiro atoms. The van der Waals surface area contributed by atoms with E-state index in [0.717, 1.165) is 12.8 Å². The number of halogens is 3. The Morgan fingerprint density at radius 1 is 1.38 bits per heavy atom. The van der Waals surface area contributed by atoms with Crippen molar-refractivity contribution in [3.63, 3.8) is 0 Å². The summed E-state index contributed by atoms with van der Waals surface area (Å²) in [5, 5.41) is 8.70. The second kappa shape index (κ2) is 7.63. The second-order valence-corrected chi connectivity index (χ2v) is 5.18. The average molecular weight is 311 g/mol. The first kappa shape index (κ1) is 17.7. The Morgan fingerprint density at radius 2 is 2.05 bits per heavy atom. The number of carbonyl (C=O) groups excluding carboxylic acids is 1. The minimum Gasteiger partial charge on any atom is -0.481 e. The van der Waals surface area contributed by atoms with E-state index in [2.05, 4.69) is 4.74 Å². The van der Waals surface area contributed by atoms with Gasteiger partial charge in [-0.05, 0) is 32.6 Å². The first-order chi connectivity index (χ1) is 9.70. The van der Waals surface area contributed by atoms with E-state index in [4.69, 9.17) is 5.11 Å². The van der Waals surface area contributed by atoms with Gasteiger partial charge >= 0.3 is 12.1 Å². The van der Waals surface area contributed by atoms with Gasteiger partial charge in [0, 0.05) is 19.0 Å². The number of alkyl halides is 3. The number of rotatable bonds is 6. The van der Waals surface area contributed by atoms with E-state index in [1.54, 1.807) is 0 Å². The monoisotopic (exact) mass is 311 g/mol. The number of likely N-dealkylation sites (tertiary alicyclic amines) is 1. The molecule has 5 nitrogen and oxygen atoms in total. The van der Waals surface area contributed by atoms with Gasteiger partial charge in [0.1, 0.15) is 12.7 Å². The number of nitrogens with zero attached hydrogens (tertiary/aromatic N) is 1. The van der Waals surface area contributed by atoms with Gasteiger partial charge in [0.15, 0.2) is 0 Å². The van der Waals surface area contributed by atoms with Crippen LogP contribution in [0.3, 0.4) is 0 Å². The molecular weight excluding hydrogens is 291 g/mol. The molecule has 2 atom stereocenters. The molecule has 1 rings (SSSR count). The molecule has 21 heavy (non-hydrogen) atoms. The summed E-state index contributed by atoms with van der Waals surface area (Å²) < 4.78 is 40.8. The third-order valence-electron chi connectivity index (χ3n) is 3.45. The fourth-order valence-corrected chi connectivity index (χ4v) is 2.41. The lowest BCUT2D eigenvalue weighted by Gasteiger charge is -2.37. The van der Waals surface area contributed by atoms with Crippen LogP contribution in [0.15, 0.2) is 0 Å². The summed E-state index contributed by atoms with van der Waals surface area (Å²) >= 11 is 0. The Bertz CT molecular complexity index is 373. The van der Waals surface area contributed by atoms with Gasteiger partial charge < -0.3 is 14.7 Å².